The first-order valence-corrected chi connectivity index (χ1v) is 8.61. The van der Waals surface area contributed by atoms with Crippen LogP contribution in [0.1, 0.15) is 22.0 Å². The second-order valence-electron chi connectivity index (χ2n) is 6.32. The Morgan fingerprint density at radius 2 is 2.14 bits per heavy atom. The average molecular weight is 374 g/mol. The number of ether oxygens (including phenoxy) is 1. The minimum absolute atomic E-state index is 0.0221. The van der Waals surface area contributed by atoms with E-state index in [0.717, 1.165) is 17.0 Å². The number of amides is 1. The van der Waals surface area contributed by atoms with Crippen LogP contribution < -0.4 is 15.6 Å². The van der Waals surface area contributed by atoms with Crippen LogP contribution >= 0.6 is 0 Å². The second kappa shape index (κ2) is 6.31. The number of hydrogen-bond acceptors (Lipinski definition) is 6. The van der Waals surface area contributed by atoms with Gasteiger partial charge in [0.1, 0.15) is 18.7 Å². The molecule has 1 aliphatic heterocycles. The summed E-state index contributed by atoms with van der Waals surface area (Å²) in [4.78, 5) is 31.4. The van der Waals surface area contributed by atoms with Gasteiger partial charge in [-0.3, -0.25) is 14.2 Å². The van der Waals surface area contributed by atoms with Gasteiger partial charge in [-0.15, -0.1) is 10.2 Å². The maximum absolute atomic E-state index is 12.5. The van der Waals surface area contributed by atoms with Gasteiger partial charge in [0, 0.05) is 6.54 Å². The molecule has 9 heteroatoms. The van der Waals surface area contributed by atoms with Gasteiger partial charge in [-0.1, -0.05) is 18.2 Å². The molecule has 3 heterocycles. The third-order valence-corrected chi connectivity index (χ3v) is 4.54. The van der Waals surface area contributed by atoms with Crippen LogP contribution in [0.3, 0.4) is 0 Å². The number of para-hydroxylation sites is 1. The number of fused-ring (bicyclic) bond motifs is 4. The topological polar surface area (TPSA) is 115 Å². The molecule has 1 amide bonds. The molecule has 0 saturated heterocycles. The van der Waals surface area contributed by atoms with E-state index in [9.17, 15) is 9.59 Å². The summed E-state index contributed by atoms with van der Waals surface area (Å²) in [5, 5.41) is 11.1. The SMILES string of the molecule is O=C(NCc1ccc2c(c1)-n1cnnc1CO2)c1nc2ccccc2c(=O)[nH]1. The molecule has 0 bridgehead atoms. The zero-order chi connectivity index (χ0) is 19.1. The number of hydrogen-bond donors (Lipinski definition) is 2. The van der Waals surface area contributed by atoms with Crippen molar-refractivity contribution in [2.45, 2.75) is 13.2 Å². The molecule has 138 valence electrons. The van der Waals surface area contributed by atoms with Crippen molar-refractivity contribution in [3.63, 3.8) is 0 Å². The van der Waals surface area contributed by atoms with E-state index in [0.29, 0.717) is 23.3 Å². The summed E-state index contributed by atoms with van der Waals surface area (Å²) in [5.74, 6) is 0.961. The molecule has 0 saturated carbocycles. The smallest absolute Gasteiger partial charge is 0.287 e. The maximum Gasteiger partial charge on any atom is 0.287 e. The molecule has 0 fully saturated rings. The molecular weight excluding hydrogens is 360 g/mol. The lowest BCUT2D eigenvalue weighted by molar-refractivity contribution is 0.0940. The van der Waals surface area contributed by atoms with Gasteiger partial charge < -0.3 is 15.0 Å². The number of nitrogens with zero attached hydrogens (tertiary/aromatic N) is 4. The Balaban J connectivity index is 1.38. The van der Waals surface area contributed by atoms with Crippen molar-refractivity contribution in [1.82, 2.24) is 30.0 Å². The standard InChI is InChI=1S/C19H14N6O3/c26-18-12-3-1-2-4-13(12)22-17(23-18)19(27)20-8-11-5-6-15-14(7-11)25-10-21-24-16(25)9-28-15/h1-7,10H,8-9H2,(H,20,27)(H,22,23,26). The van der Waals surface area contributed by atoms with Gasteiger partial charge in [-0.25, -0.2) is 4.98 Å². The number of rotatable bonds is 3. The summed E-state index contributed by atoms with van der Waals surface area (Å²) < 4.78 is 7.51. The maximum atomic E-state index is 12.5. The van der Waals surface area contributed by atoms with E-state index in [1.54, 1.807) is 30.6 Å². The van der Waals surface area contributed by atoms with E-state index < -0.39 is 5.91 Å². The highest BCUT2D eigenvalue weighted by molar-refractivity contribution is 5.92. The van der Waals surface area contributed by atoms with E-state index in [-0.39, 0.29) is 17.9 Å². The summed E-state index contributed by atoms with van der Waals surface area (Å²) in [6, 6.07) is 12.5. The fourth-order valence-electron chi connectivity index (χ4n) is 3.14. The Bertz CT molecular complexity index is 1280. The zero-order valence-corrected chi connectivity index (χ0v) is 14.5. The van der Waals surface area contributed by atoms with Crippen LogP contribution in [0.4, 0.5) is 0 Å². The van der Waals surface area contributed by atoms with Crippen molar-refractivity contribution in [1.29, 1.82) is 0 Å². The predicted molar refractivity (Wildman–Crippen MR) is 99.2 cm³/mol. The Morgan fingerprint density at radius 1 is 1.25 bits per heavy atom. The van der Waals surface area contributed by atoms with E-state index in [1.807, 2.05) is 22.8 Å². The minimum Gasteiger partial charge on any atom is -0.483 e. The fourth-order valence-corrected chi connectivity index (χ4v) is 3.14. The number of aromatic nitrogens is 5. The molecule has 2 aromatic heterocycles. The van der Waals surface area contributed by atoms with Crippen molar-refractivity contribution in [3.8, 4) is 11.4 Å². The summed E-state index contributed by atoms with van der Waals surface area (Å²) in [6.45, 7) is 0.629. The Labute approximate surface area is 158 Å². The summed E-state index contributed by atoms with van der Waals surface area (Å²) in [5.41, 5.74) is 1.81. The molecular formula is C19H14N6O3. The van der Waals surface area contributed by atoms with Crippen molar-refractivity contribution in [2.75, 3.05) is 0 Å². The van der Waals surface area contributed by atoms with Gasteiger partial charge in [-0.2, -0.15) is 0 Å². The molecule has 1 aliphatic rings. The normalized spacial score (nSPS) is 12.1. The zero-order valence-electron chi connectivity index (χ0n) is 14.5. The van der Waals surface area contributed by atoms with E-state index in [2.05, 4.69) is 25.5 Å². The molecule has 5 rings (SSSR count). The molecule has 2 N–H and O–H groups in total. The highest BCUT2D eigenvalue weighted by Crippen LogP contribution is 2.29. The predicted octanol–water partition coefficient (Wildman–Crippen LogP) is 1.33. The van der Waals surface area contributed by atoms with Gasteiger partial charge in [0.05, 0.1) is 16.6 Å². The summed E-state index contributed by atoms with van der Waals surface area (Å²) in [7, 11) is 0. The summed E-state index contributed by atoms with van der Waals surface area (Å²) >= 11 is 0. The third kappa shape index (κ3) is 2.69. The lowest BCUT2D eigenvalue weighted by atomic mass is 10.1. The number of nitrogens with one attached hydrogen (secondary N) is 2. The van der Waals surface area contributed by atoms with Crippen molar-refractivity contribution in [2.24, 2.45) is 0 Å². The fraction of sp³-hybridized carbons (Fsp3) is 0.105. The lowest BCUT2D eigenvalue weighted by Crippen LogP contribution is -2.27. The molecule has 28 heavy (non-hydrogen) atoms. The third-order valence-electron chi connectivity index (χ3n) is 4.54. The number of aromatic amines is 1. The molecule has 9 nitrogen and oxygen atoms in total. The Kier molecular flexibility index (Phi) is 3.64. The van der Waals surface area contributed by atoms with E-state index >= 15 is 0 Å². The van der Waals surface area contributed by atoms with Crippen LogP contribution in [0.5, 0.6) is 5.75 Å². The van der Waals surface area contributed by atoms with Crippen LogP contribution in [0.15, 0.2) is 53.6 Å². The Morgan fingerprint density at radius 3 is 3.07 bits per heavy atom. The number of benzene rings is 2. The van der Waals surface area contributed by atoms with Crippen LogP contribution in [0.25, 0.3) is 16.6 Å². The van der Waals surface area contributed by atoms with Gasteiger partial charge in [0.2, 0.25) is 0 Å². The number of carbonyl (C=O) groups excluding carboxylic acids is 1. The highest BCUT2D eigenvalue weighted by atomic mass is 16.5. The summed E-state index contributed by atoms with van der Waals surface area (Å²) in [6.07, 6.45) is 1.63. The van der Waals surface area contributed by atoms with Gasteiger partial charge >= 0.3 is 0 Å². The minimum atomic E-state index is -0.457. The molecule has 0 aliphatic carbocycles. The van der Waals surface area contributed by atoms with E-state index in [4.69, 9.17) is 4.74 Å². The van der Waals surface area contributed by atoms with Gasteiger partial charge in [0.15, 0.2) is 11.6 Å². The molecule has 4 aromatic rings. The first-order chi connectivity index (χ1) is 13.7. The molecule has 0 atom stereocenters. The quantitative estimate of drug-likeness (QED) is 0.559. The van der Waals surface area contributed by atoms with Crippen molar-refractivity contribution in [3.05, 3.63) is 76.4 Å². The molecule has 0 spiro atoms. The largest absolute Gasteiger partial charge is 0.483 e. The van der Waals surface area contributed by atoms with Gasteiger partial charge in [-0.05, 0) is 29.8 Å². The first kappa shape index (κ1) is 16.2. The van der Waals surface area contributed by atoms with E-state index in [1.165, 1.54) is 0 Å². The first-order valence-electron chi connectivity index (χ1n) is 8.61. The van der Waals surface area contributed by atoms with Crippen LogP contribution in [-0.2, 0) is 13.2 Å². The highest BCUT2D eigenvalue weighted by Gasteiger charge is 2.18. The van der Waals surface area contributed by atoms with Crippen molar-refractivity contribution < 1.29 is 9.53 Å². The monoisotopic (exact) mass is 374 g/mol. The Hall–Kier alpha value is -4.01. The van der Waals surface area contributed by atoms with Gasteiger partial charge in [0.25, 0.3) is 11.5 Å². The molecule has 0 radical (unpaired) electrons. The number of H-pyrrole nitrogens is 1. The molecule has 0 unspecified atom stereocenters. The average Bonchev–Trinajstić information content (AvgIpc) is 3.21. The second-order valence-corrected chi connectivity index (χ2v) is 6.32. The van der Waals surface area contributed by atoms with Crippen LogP contribution in [0.2, 0.25) is 0 Å². The van der Waals surface area contributed by atoms with Crippen molar-refractivity contribution >= 4 is 16.8 Å². The number of carbonyl (C=O) groups is 1. The van der Waals surface area contributed by atoms with Crippen LogP contribution in [0, 0.1) is 0 Å². The lowest BCUT2D eigenvalue weighted by Gasteiger charge is -2.19. The molecule has 2 aromatic carbocycles. The van der Waals surface area contributed by atoms with Crippen LogP contribution in [-0.4, -0.2) is 30.6 Å².